The number of rotatable bonds is 2. The predicted molar refractivity (Wildman–Crippen MR) is 63.8 cm³/mol. The molecule has 0 aliphatic rings. The molecule has 1 N–H and O–H groups in total. The van der Waals surface area contributed by atoms with Gasteiger partial charge in [-0.25, -0.2) is 9.18 Å². The number of carboxylic acids is 1. The Hall–Kier alpha value is -2.37. The number of alkyl halides is 3. The summed E-state index contributed by atoms with van der Waals surface area (Å²) in [6, 6.07) is 7.12. The van der Waals surface area contributed by atoms with Gasteiger partial charge in [-0.3, -0.25) is 0 Å². The van der Waals surface area contributed by atoms with Gasteiger partial charge in [0.25, 0.3) is 0 Å². The summed E-state index contributed by atoms with van der Waals surface area (Å²) < 4.78 is 50.3. The Labute approximate surface area is 111 Å². The molecule has 0 aliphatic heterocycles. The molecule has 104 valence electrons. The quantitative estimate of drug-likeness (QED) is 0.839. The minimum absolute atomic E-state index is 0.160. The highest BCUT2D eigenvalue weighted by molar-refractivity contribution is 5.96. The van der Waals surface area contributed by atoms with E-state index in [1.807, 2.05) is 0 Å². The van der Waals surface area contributed by atoms with Gasteiger partial charge in [0.15, 0.2) is 0 Å². The maximum Gasteiger partial charge on any atom is 0.416 e. The summed E-state index contributed by atoms with van der Waals surface area (Å²) in [4.78, 5) is 11.0. The molecule has 20 heavy (non-hydrogen) atoms. The second-order valence-electron chi connectivity index (χ2n) is 4.07. The summed E-state index contributed by atoms with van der Waals surface area (Å²) in [6.07, 6.45) is -4.46. The fourth-order valence-corrected chi connectivity index (χ4v) is 1.78. The van der Waals surface area contributed by atoms with Crippen molar-refractivity contribution < 1.29 is 27.5 Å². The van der Waals surface area contributed by atoms with Crippen LogP contribution >= 0.6 is 0 Å². The Balaban J connectivity index is 2.50. The lowest BCUT2D eigenvalue weighted by atomic mass is 9.98. The van der Waals surface area contributed by atoms with Crippen molar-refractivity contribution in [2.45, 2.75) is 6.18 Å². The average molecular weight is 284 g/mol. The zero-order valence-corrected chi connectivity index (χ0v) is 9.91. The highest BCUT2D eigenvalue weighted by atomic mass is 19.4. The van der Waals surface area contributed by atoms with Crippen molar-refractivity contribution in [3.8, 4) is 11.1 Å². The Bertz CT molecular complexity index is 645. The molecule has 0 spiro atoms. The van der Waals surface area contributed by atoms with Crippen LogP contribution in [0.4, 0.5) is 17.6 Å². The summed E-state index contributed by atoms with van der Waals surface area (Å²) in [5.74, 6) is -2.07. The van der Waals surface area contributed by atoms with Crippen LogP contribution in [0.3, 0.4) is 0 Å². The van der Waals surface area contributed by atoms with Gasteiger partial charge in [0, 0.05) is 0 Å². The second kappa shape index (κ2) is 4.96. The van der Waals surface area contributed by atoms with Gasteiger partial charge in [0.1, 0.15) is 5.82 Å². The molecule has 0 atom stereocenters. The monoisotopic (exact) mass is 284 g/mol. The molecule has 0 amide bonds. The number of hydrogen-bond acceptors (Lipinski definition) is 1. The normalized spacial score (nSPS) is 11.4. The summed E-state index contributed by atoms with van der Waals surface area (Å²) >= 11 is 0. The van der Waals surface area contributed by atoms with E-state index in [1.54, 1.807) is 0 Å². The van der Waals surface area contributed by atoms with Gasteiger partial charge < -0.3 is 5.11 Å². The summed E-state index contributed by atoms with van der Waals surface area (Å²) in [5, 5.41) is 8.99. The van der Waals surface area contributed by atoms with E-state index >= 15 is 0 Å². The smallest absolute Gasteiger partial charge is 0.416 e. The molecule has 0 saturated heterocycles. The number of halogens is 4. The van der Waals surface area contributed by atoms with Crippen LogP contribution in [0.25, 0.3) is 11.1 Å². The number of carbonyl (C=O) groups is 1. The van der Waals surface area contributed by atoms with Crippen LogP contribution in [0, 0.1) is 5.82 Å². The first-order valence-electron chi connectivity index (χ1n) is 5.49. The third-order valence-corrected chi connectivity index (χ3v) is 2.74. The van der Waals surface area contributed by atoms with E-state index in [0.29, 0.717) is 0 Å². The largest absolute Gasteiger partial charge is 0.478 e. The molecule has 2 rings (SSSR count). The van der Waals surface area contributed by atoms with Gasteiger partial charge in [-0.05, 0) is 35.4 Å². The van der Waals surface area contributed by atoms with E-state index in [2.05, 4.69) is 0 Å². The molecule has 2 aromatic rings. The minimum Gasteiger partial charge on any atom is -0.478 e. The van der Waals surface area contributed by atoms with Gasteiger partial charge in [0.05, 0.1) is 11.1 Å². The van der Waals surface area contributed by atoms with Gasteiger partial charge in [-0.1, -0.05) is 18.2 Å². The van der Waals surface area contributed by atoms with Gasteiger partial charge in [-0.2, -0.15) is 13.2 Å². The molecular formula is C14H8F4O2. The summed E-state index contributed by atoms with van der Waals surface area (Å²) in [6.45, 7) is 0. The van der Waals surface area contributed by atoms with Crippen LogP contribution in [-0.2, 0) is 6.18 Å². The van der Waals surface area contributed by atoms with E-state index < -0.39 is 23.5 Å². The molecule has 0 fully saturated rings. The van der Waals surface area contributed by atoms with E-state index in [9.17, 15) is 22.4 Å². The van der Waals surface area contributed by atoms with Crippen molar-refractivity contribution in [3.05, 3.63) is 59.4 Å². The molecule has 0 saturated carbocycles. The maximum atomic E-state index is 13.0. The lowest BCUT2D eigenvalue weighted by Gasteiger charge is -2.09. The third-order valence-electron chi connectivity index (χ3n) is 2.74. The first-order valence-corrected chi connectivity index (χ1v) is 5.49. The van der Waals surface area contributed by atoms with E-state index in [0.717, 1.165) is 36.4 Å². The van der Waals surface area contributed by atoms with Gasteiger partial charge in [-0.15, -0.1) is 0 Å². The minimum atomic E-state index is -4.46. The van der Waals surface area contributed by atoms with Gasteiger partial charge >= 0.3 is 12.1 Å². The van der Waals surface area contributed by atoms with Gasteiger partial charge in [0.2, 0.25) is 0 Å². The fraction of sp³-hybridized carbons (Fsp3) is 0.0714. The molecule has 6 heteroatoms. The first-order chi connectivity index (χ1) is 9.29. The van der Waals surface area contributed by atoms with Crippen LogP contribution < -0.4 is 0 Å². The van der Waals surface area contributed by atoms with Crippen LogP contribution in [0.5, 0.6) is 0 Å². The van der Waals surface area contributed by atoms with Crippen LogP contribution in [0.2, 0.25) is 0 Å². The summed E-state index contributed by atoms with van der Waals surface area (Å²) in [5.41, 5.74) is -0.701. The molecule has 0 aliphatic carbocycles. The zero-order chi connectivity index (χ0) is 14.9. The molecule has 0 radical (unpaired) electrons. The Morgan fingerprint density at radius 3 is 2.10 bits per heavy atom. The second-order valence-corrected chi connectivity index (χ2v) is 4.07. The number of benzene rings is 2. The predicted octanol–water partition coefficient (Wildman–Crippen LogP) is 4.21. The molecule has 0 aromatic heterocycles. The number of hydrogen-bond donors (Lipinski definition) is 1. The van der Waals surface area contributed by atoms with Crippen molar-refractivity contribution in [1.29, 1.82) is 0 Å². The molecule has 0 unspecified atom stereocenters. The third kappa shape index (κ3) is 2.79. The highest BCUT2D eigenvalue weighted by Gasteiger charge is 2.30. The van der Waals surface area contributed by atoms with Crippen molar-refractivity contribution >= 4 is 5.97 Å². The van der Waals surface area contributed by atoms with Crippen molar-refractivity contribution in [2.75, 3.05) is 0 Å². The molecule has 2 aromatic carbocycles. The average Bonchev–Trinajstić information content (AvgIpc) is 2.37. The number of carboxylic acid groups (broad SMARTS) is 1. The van der Waals surface area contributed by atoms with E-state index in [1.165, 1.54) is 6.07 Å². The van der Waals surface area contributed by atoms with Crippen molar-refractivity contribution in [2.24, 2.45) is 0 Å². The van der Waals surface area contributed by atoms with Crippen LogP contribution in [0.1, 0.15) is 15.9 Å². The molecule has 2 nitrogen and oxygen atoms in total. The highest BCUT2D eigenvalue weighted by Crippen LogP contribution is 2.32. The lowest BCUT2D eigenvalue weighted by molar-refractivity contribution is -0.137. The van der Waals surface area contributed by atoms with E-state index in [4.69, 9.17) is 5.11 Å². The first kappa shape index (κ1) is 14.0. The topological polar surface area (TPSA) is 37.3 Å². The lowest BCUT2D eigenvalue weighted by Crippen LogP contribution is -2.04. The van der Waals surface area contributed by atoms with Crippen LogP contribution in [0.15, 0.2) is 42.5 Å². The Morgan fingerprint density at radius 1 is 1.00 bits per heavy atom. The van der Waals surface area contributed by atoms with Crippen molar-refractivity contribution in [3.63, 3.8) is 0 Å². The molecular weight excluding hydrogens is 276 g/mol. The standard InChI is InChI=1S/C14H8F4O2/c15-10-5-6-11(12(7-10)13(19)20)8-1-3-9(4-2-8)14(16,17)18/h1-7H,(H,19,20). The van der Waals surface area contributed by atoms with E-state index in [-0.39, 0.29) is 16.7 Å². The Kier molecular flexibility index (Phi) is 3.48. The molecule has 0 bridgehead atoms. The number of aromatic carboxylic acids is 1. The Morgan fingerprint density at radius 2 is 1.60 bits per heavy atom. The van der Waals surface area contributed by atoms with Crippen LogP contribution in [-0.4, -0.2) is 11.1 Å². The van der Waals surface area contributed by atoms with Crippen molar-refractivity contribution in [1.82, 2.24) is 0 Å². The molecule has 0 heterocycles. The zero-order valence-electron chi connectivity index (χ0n) is 9.91. The summed E-state index contributed by atoms with van der Waals surface area (Å²) in [7, 11) is 0. The maximum absolute atomic E-state index is 13.0. The SMILES string of the molecule is O=C(O)c1cc(F)ccc1-c1ccc(C(F)(F)F)cc1. The fourth-order valence-electron chi connectivity index (χ4n) is 1.78.